The Hall–Kier alpha value is -0.0800. The maximum Gasteiger partial charge on any atom is 0.0181 e. The van der Waals surface area contributed by atoms with Crippen LogP contribution in [-0.2, 0) is 0 Å². The predicted octanol–water partition coefficient (Wildman–Crippen LogP) is 1.57. The van der Waals surface area contributed by atoms with Crippen molar-refractivity contribution < 1.29 is 0 Å². The summed E-state index contributed by atoms with van der Waals surface area (Å²) < 4.78 is 0. The van der Waals surface area contributed by atoms with Crippen molar-refractivity contribution in [3.05, 3.63) is 0 Å². The molecule has 78 valence electrons. The number of rotatable bonds is 4. The average molecular weight is 184 g/mol. The van der Waals surface area contributed by atoms with Gasteiger partial charge in [-0.2, -0.15) is 0 Å². The van der Waals surface area contributed by atoms with Gasteiger partial charge in [0.1, 0.15) is 0 Å². The standard InChI is InChI=1S/C11H24N2/c1-10(2)9(11(10,3)4)12-7-8-13(5)6/h9,12H,7-8H2,1-6H3. The van der Waals surface area contributed by atoms with Crippen LogP contribution in [0, 0.1) is 10.8 Å². The van der Waals surface area contributed by atoms with Crippen LogP contribution in [0.4, 0.5) is 0 Å². The Balaban J connectivity index is 2.26. The zero-order valence-corrected chi connectivity index (χ0v) is 9.94. The fourth-order valence-corrected chi connectivity index (χ4v) is 2.14. The first kappa shape index (κ1) is 11.0. The van der Waals surface area contributed by atoms with Gasteiger partial charge in [-0.25, -0.2) is 0 Å². The van der Waals surface area contributed by atoms with Gasteiger partial charge in [0.05, 0.1) is 0 Å². The van der Waals surface area contributed by atoms with E-state index >= 15 is 0 Å². The quantitative estimate of drug-likeness (QED) is 0.713. The van der Waals surface area contributed by atoms with E-state index in [0.29, 0.717) is 16.9 Å². The lowest BCUT2D eigenvalue weighted by Crippen LogP contribution is -2.30. The van der Waals surface area contributed by atoms with Crippen molar-refractivity contribution >= 4 is 0 Å². The Bertz CT molecular complexity index is 169. The summed E-state index contributed by atoms with van der Waals surface area (Å²) in [5.41, 5.74) is 0.943. The third-order valence-corrected chi connectivity index (χ3v) is 3.93. The van der Waals surface area contributed by atoms with Gasteiger partial charge < -0.3 is 10.2 Å². The van der Waals surface area contributed by atoms with E-state index in [2.05, 4.69) is 52.0 Å². The minimum atomic E-state index is 0.472. The highest BCUT2D eigenvalue weighted by Gasteiger charge is 2.64. The molecule has 13 heavy (non-hydrogen) atoms. The molecule has 1 aliphatic rings. The van der Waals surface area contributed by atoms with E-state index in [0.717, 1.165) is 13.1 Å². The fourth-order valence-electron chi connectivity index (χ4n) is 2.14. The summed E-state index contributed by atoms with van der Waals surface area (Å²) >= 11 is 0. The van der Waals surface area contributed by atoms with Crippen LogP contribution >= 0.6 is 0 Å². The van der Waals surface area contributed by atoms with Crippen molar-refractivity contribution in [1.82, 2.24) is 10.2 Å². The number of likely N-dealkylation sites (N-methyl/N-ethyl adjacent to an activating group) is 1. The molecule has 2 nitrogen and oxygen atoms in total. The molecule has 0 radical (unpaired) electrons. The van der Waals surface area contributed by atoms with E-state index in [4.69, 9.17) is 0 Å². The molecule has 1 fully saturated rings. The molecular weight excluding hydrogens is 160 g/mol. The van der Waals surface area contributed by atoms with Crippen LogP contribution in [0.15, 0.2) is 0 Å². The molecule has 1 rings (SSSR count). The molecule has 1 N–H and O–H groups in total. The molecule has 0 spiro atoms. The molecule has 0 heterocycles. The van der Waals surface area contributed by atoms with Crippen molar-refractivity contribution in [3.63, 3.8) is 0 Å². The van der Waals surface area contributed by atoms with E-state index in [1.807, 2.05) is 0 Å². The van der Waals surface area contributed by atoms with Crippen molar-refractivity contribution in [1.29, 1.82) is 0 Å². The highest BCUT2D eigenvalue weighted by atomic mass is 15.1. The lowest BCUT2D eigenvalue weighted by molar-refractivity contribution is 0.391. The zero-order valence-electron chi connectivity index (χ0n) is 9.94. The highest BCUT2D eigenvalue weighted by Crippen LogP contribution is 2.62. The maximum absolute atomic E-state index is 3.63. The second-order valence-corrected chi connectivity index (χ2v) is 5.63. The molecule has 0 amide bonds. The van der Waals surface area contributed by atoms with Crippen LogP contribution in [0.25, 0.3) is 0 Å². The van der Waals surface area contributed by atoms with Crippen molar-refractivity contribution in [2.75, 3.05) is 27.2 Å². The molecule has 0 aromatic carbocycles. The predicted molar refractivity (Wildman–Crippen MR) is 57.9 cm³/mol. The Labute approximate surface area is 82.7 Å². The first-order valence-corrected chi connectivity index (χ1v) is 5.18. The average Bonchev–Trinajstić information content (AvgIpc) is 2.30. The summed E-state index contributed by atoms with van der Waals surface area (Å²) in [6.45, 7) is 11.6. The van der Waals surface area contributed by atoms with Crippen molar-refractivity contribution in [2.45, 2.75) is 33.7 Å². The topological polar surface area (TPSA) is 15.3 Å². The molecule has 0 saturated heterocycles. The van der Waals surface area contributed by atoms with E-state index in [1.165, 1.54) is 0 Å². The first-order chi connectivity index (χ1) is 5.80. The molecule has 2 heteroatoms. The summed E-state index contributed by atoms with van der Waals surface area (Å²) in [7, 11) is 4.23. The van der Waals surface area contributed by atoms with E-state index in [9.17, 15) is 0 Å². The molecule has 0 aliphatic heterocycles. The smallest absolute Gasteiger partial charge is 0.0181 e. The van der Waals surface area contributed by atoms with Gasteiger partial charge in [-0.05, 0) is 24.9 Å². The second-order valence-electron chi connectivity index (χ2n) is 5.63. The van der Waals surface area contributed by atoms with Gasteiger partial charge in [-0.15, -0.1) is 0 Å². The van der Waals surface area contributed by atoms with Crippen LogP contribution in [0.3, 0.4) is 0 Å². The molecule has 0 unspecified atom stereocenters. The van der Waals surface area contributed by atoms with Crippen molar-refractivity contribution in [2.24, 2.45) is 10.8 Å². The van der Waals surface area contributed by atoms with Crippen LogP contribution in [0.5, 0.6) is 0 Å². The third kappa shape index (κ3) is 1.89. The van der Waals surface area contributed by atoms with Gasteiger partial charge in [-0.1, -0.05) is 27.7 Å². The SMILES string of the molecule is CN(C)CCNC1C(C)(C)C1(C)C. The maximum atomic E-state index is 3.63. The molecule has 0 bridgehead atoms. The van der Waals surface area contributed by atoms with Crippen molar-refractivity contribution in [3.8, 4) is 0 Å². The van der Waals surface area contributed by atoms with E-state index in [1.54, 1.807) is 0 Å². The van der Waals surface area contributed by atoms with Gasteiger partial charge in [0, 0.05) is 19.1 Å². The highest BCUT2D eigenvalue weighted by molar-refractivity contribution is 5.17. The first-order valence-electron chi connectivity index (χ1n) is 5.18. The Morgan fingerprint density at radius 2 is 1.54 bits per heavy atom. The number of nitrogens with one attached hydrogen (secondary N) is 1. The molecular formula is C11H24N2. The molecule has 0 aromatic rings. The Kier molecular flexibility index (Phi) is 2.75. The Morgan fingerprint density at radius 3 is 1.85 bits per heavy atom. The molecule has 1 saturated carbocycles. The van der Waals surface area contributed by atoms with Gasteiger partial charge in [0.15, 0.2) is 0 Å². The fraction of sp³-hybridized carbons (Fsp3) is 1.00. The normalized spacial score (nSPS) is 25.2. The number of hydrogen-bond acceptors (Lipinski definition) is 2. The lowest BCUT2D eigenvalue weighted by Gasteiger charge is -2.11. The van der Waals surface area contributed by atoms with Gasteiger partial charge in [0.25, 0.3) is 0 Å². The molecule has 0 aromatic heterocycles. The molecule has 1 aliphatic carbocycles. The van der Waals surface area contributed by atoms with E-state index in [-0.39, 0.29) is 0 Å². The van der Waals surface area contributed by atoms with E-state index < -0.39 is 0 Å². The summed E-state index contributed by atoms with van der Waals surface area (Å²) in [5.74, 6) is 0. The van der Waals surface area contributed by atoms with Gasteiger partial charge in [0.2, 0.25) is 0 Å². The summed E-state index contributed by atoms with van der Waals surface area (Å²) in [6.07, 6.45) is 0. The number of nitrogens with zero attached hydrogens (tertiary/aromatic N) is 1. The third-order valence-electron chi connectivity index (χ3n) is 3.93. The van der Waals surface area contributed by atoms with Gasteiger partial charge in [-0.3, -0.25) is 0 Å². The number of hydrogen-bond donors (Lipinski definition) is 1. The Morgan fingerprint density at radius 1 is 1.08 bits per heavy atom. The lowest BCUT2D eigenvalue weighted by atomic mass is 10.0. The monoisotopic (exact) mass is 184 g/mol. The summed E-state index contributed by atoms with van der Waals surface area (Å²) in [5, 5.41) is 3.63. The largest absolute Gasteiger partial charge is 0.312 e. The van der Waals surface area contributed by atoms with Crippen LogP contribution in [0.1, 0.15) is 27.7 Å². The second kappa shape index (κ2) is 3.25. The zero-order chi connectivity index (χ0) is 10.3. The minimum absolute atomic E-state index is 0.472. The van der Waals surface area contributed by atoms with Crippen LogP contribution in [-0.4, -0.2) is 38.1 Å². The summed E-state index contributed by atoms with van der Waals surface area (Å²) in [6, 6.07) is 0.694. The minimum Gasteiger partial charge on any atom is -0.312 e. The van der Waals surface area contributed by atoms with Crippen LogP contribution < -0.4 is 5.32 Å². The molecule has 0 atom stereocenters. The van der Waals surface area contributed by atoms with Gasteiger partial charge >= 0.3 is 0 Å². The van der Waals surface area contributed by atoms with Crippen LogP contribution in [0.2, 0.25) is 0 Å². The summed E-state index contributed by atoms with van der Waals surface area (Å²) in [4.78, 5) is 2.22.